The fourth-order valence-electron chi connectivity index (χ4n) is 3.34. The molecule has 118 valence electrons. The van der Waals surface area contributed by atoms with Crippen molar-refractivity contribution in [3.8, 4) is 5.75 Å². The second-order valence-corrected chi connectivity index (χ2v) is 6.52. The summed E-state index contributed by atoms with van der Waals surface area (Å²) in [6.45, 7) is 10.1. The smallest absolute Gasteiger partial charge is 0.119 e. The van der Waals surface area contributed by atoms with E-state index in [1.165, 1.54) is 11.1 Å². The Morgan fingerprint density at radius 3 is 2.62 bits per heavy atom. The van der Waals surface area contributed by atoms with Gasteiger partial charge in [0.05, 0.1) is 7.11 Å². The van der Waals surface area contributed by atoms with Gasteiger partial charge in [0.2, 0.25) is 0 Å². The molecular formula is C18H30N2O. The number of hydrogen-bond acceptors (Lipinski definition) is 3. The molecule has 1 N–H and O–H groups in total. The number of nitrogens with one attached hydrogen (secondary N) is 1. The highest BCUT2D eigenvalue weighted by molar-refractivity contribution is 5.42. The highest BCUT2D eigenvalue weighted by Gasteiger charge is 2.36. The number of hydrogen-bond donors (Lipinski definition) is 1. The molecule has 0 aromatic heterocycles. The normalized spacial score (nSPS) is 22.7. The molecule has 0 saturated carbocycles. The van der Waals surface area contributed by atoms with Crippen LogP contribution in [0.15, 0.2) is 18.2 Å². The Morgan fingerprint density at radius 1 is 1.33 bits per heavy atom. The van der Waals surface area contributed by atoms with Crippen molar-refractivity contribution < 1.29 is 4.74 Å². The Bertz CT molecular complexity index is 472. The van der Waals surface area contributed by atoms with Crippen molar-refractivity contribution >= 4 is 0 Å². The zero-order valence-corrected chi connectivity index (χ0v) is 14.3. The van der Waals surface area contributed by atoms with Crippen LogP contribution in [0.1, 0.15) is 44.9 Å². The Morgan fingerprint density at radius 2 is 2.05 bits per heavy atom. The van der Waals surface area contributed by atoms with E-state index in [4.69, 9.17) is 4.74 Å². The van der Waals surface area contributed by atoms with Crippen molar-refractivity contribution in [2.24, 2.45) is 5.92 Å². The molecule has 3 heteroatoms. The van der Waals surface area contributed by atoms with Crippen LogP contribution < -0.4 is 10.1 Å². The lowest BCUT2D eigenvalue weighted by Gasteiger charge is -2.36. The summed E-state index contributed by atoms with van der Waals surface area (Å²) < 4.78 is 5.41. The summed E-state index contributed by atoms with van der Waals surface area (Å²) >= 11 is 0. The largest absolute Gasteiger partial charge is 0.497 e. The van der Waals surface area contributed by atoms with Crippen LogP contribution in [0.25, 0.3) is 0 Å². The lowest BCUT2D eigenvalue weighted by molar-refractivity contribution is 0.126. The minimum absolute atomic E-state index is 0.395. The zero-order chi connectivity index (χ0) is 15.6. The summed E-state index contributed by atoms with van der Waals surface area (Å²) in [5.41, 5.74) is 2.86. The van der Waals surface area contributed by atoms with Gasteiger partial charge in [-0.05, 0) is 56.1 Å². The van der Waals surface area contributed by atoms with Crippen LogP contribution in [-0.4, -0.2) is 37.7 Å². The molecule has 2 rings (SSSR count). The van der Waals surface area contributed by atoms with Crippen LogP contribution in [0.4, 0.5) is 0 Å². The average Bonchev–Trinajstić information content (AvgIpc) is 2.84. The standard InChI is InChI=1S/C18H30N2O/c1-7-19-18-16-11-15(21-6)9-8-14(16)10-17(18)20(5)13(4)12(2)3/h8-9,11-13,17-19H,7,10H2,1-6H3. The molecule has 0 amide bonds. The first-order chi connectivity index (χ1) is 9.99. The molecule has 1 aromatic rings. The van der Waals surface area contributed by atoms with Crippen molar-refractivity contribution in [1.82, 2.24) is 10.2 Å². The lowest BCUT2D eigenvalue weighted by atomic mass is 10.00. The fourth-order valence-corrected chi connectivity index (χ4v) is 3.34. The molecule has 3 unspecified atom stereocenters. The highest BCUT2D eigenvalue weighted by atomic mass is 16.5. The highest BCUT2D eigenvalue weighted by Crippen LogP contribution is 2.37. The van der Waals surface area contributed by atoms with Gasteiger partial charge in [0.1, 0.15) is 5.75 Å². The Hall–Kier alpha value is -1.06. The molecule has 0 aliphatic heterocycles. The first-order valence-electron chi connectivity index (χ1n) is 8.11. The molecule has 1 aliphatic carbocycles. The lowest BCUT2D eigenvalue weighted by Crippen LogP contribution is -2.46. The van der Waals surface area contributed by atoms with E-state index < -0.39 is 0 Å². The maximum atomic E-state index is 5.41. The van der Waals surface area contributed by atoms with E-state index in [9.17, 15) is 0 Å². The van der Waals surface area contributed by atoms with Crippen molar-refractivity contribution in [2.45, 2.75) is 52.2 Å². The van der Waals surface area contributed by atoms with E-state index in [2.05, 4.69) is 63.2 Å². The summed E-state index contributed by atoms with van der Waals surface area (Å²) in [6.07, 6.45) is 1.12. The molecule has 1 aromatic carbocycles. The molecule has 0 radical (unpaired) electrons. The number of ether oxygens (including phenoxy) is 1. The molecule has 0 saturated heterocycles. The average molecular weight is 290 g/mol. The van der Waals surface area contributed by atoms with Gasteiger partial charge in [-0.25, -0.2) is 0 Å². The molecule has 3 atom stereocenters. The Balaban J connectivity index is 2.28. The van der Waals surface area contributed by atoms with E-state index >= 15 is 0 Å². The first kappa shape index (κ1) is 16.3. The Kier molecular flexibility index (Phi) is 5.28. The van der Waals surface area contributed by atoms with Gasteiger partial charge in [-0.3, -0.25) is 4.90 Å². The predicted octanol–water partition coefficient (Wildman–Crippen LogP) is 3.25. The van der Waals surface area contributed by atoms with Crippen LogP contribution in [0.2, 0.25) is 0 Å². The maximum absolute atomic E-state index is 5.41. The van der Waals surface area contributed by atoms with Crippen molar-refractivity contribution in [2.75, 3.05) is 20.7 Å². The molecule has 0 bridgehead atoms. The summed E-state index contributed by atoms with van der Waals surface area (Å²) in [5, 5.41) is 3.68. The van der Waals surface area contributed by atoms with Crippen molar-refractivity contribution in [1.29, 1.82) is 0 Å². The fraction of sp³-hybridized carbons (Fsp3) is 0.667. The van der Waals surface area contributed by atoms with Gasteiger partial charge in [-0.2, -0.15) is 0 Å². The van der Waals surface area contributed by atoms with Crippen LogP contribution >= 0.6 is 0 Å². The van der Waals surface area contributed by atoms with E-state index in [1.807, 2.05) is 0 Å². The van der Waals surface area contributed by atoms with Crippen LogP contribution in [-0.2, 0) is 6.42 Å². The van der Waals surface area contributed by atoms with Gasteiger partial charge >= 0.3 is 0 Å². The van der Waals surface area contributed by atoms with E-state index in [0.717, 1.165) is 18.7 Å². The number of likely N-dealkylation sites (N-methyl/N-ethyl adjacent to an activating group) is 2. The maximum Gasteiger partial charge on any atom is 0.119 e. The van der Waals surface area contributed by atoms with Crippen LogP contribution in [0.5, 0.6) is 5.75 Å². The number of methoxy groups -OCH3 is 1. The third-order valence-electron chi connectivity index (χ3n) is 5.06. The third kappa shape index (κ3) is 3.24. The second-order valence-electron chi connectivity index (χ2n) is 6.52. The second kappa shape index (κ2) is 6.80. The molecular weight excluding hydrogens is 260 g/mol. The van der Waals surface area contributed by atoms with E-state index in [-0.39, 0.29) is 0 Å². The number of rotatable bonds is 6. The minimum Gasteiger partial charge on any atom is -0.497 e. The van der Waals surface area contributed by atoms with Crippen LogP contribution in [0, 0.1) is 5.92 Å². The SMILES string of the molecule is CCNC1c2cc(OC)ccc2CC1N(C)C(C)C(C)C. The number of fused-ring (bicyclic) bond motifs is 1. The third-order valence-corrected chi connectivity index (χ3v) is 5.06. The van der Waals surface area contributed by atoms with E-state index in [1.54, 1.807) is 7.11 Å². The van der Waals surface area contributed by atoms with Gasteiger partial charge < -0.3 is 10.1 Å². The van der Waals surface area contributed by atoms with Gasteiger partial charge in [0.25, 0.3) is 0 Å². The monoisotopic (exact) mass is 290 g/mol. The van der Waals surface area contributed by atoms with Gasteiger partial charge in [-0.15, -0.1) is 0 Å². The summed E-state index contributed by atoms with van der Waals surface area (Å²) in [4.78, 5) is 2.55. The quantitative estimate of drug-likeness (QED) is 0.870. The molecule has 0 fully saturated rings. The molecule has 0 heterocycles. The van der Waals surface area contributed by atoms with Gasteiger partial charge in [0, 0.05) is 18.1 Å². The minimum atomic E-state index is 0.395. The summed E-state index contributed by atoms with van der Waals surface area (Å²) in [5.74, 6) is 1.62. The van der Waals surface area contributed by atoms with Gasteiger partial charge in [-0.1, -0.05) is 26.8 Å². The molecule has 21 heavy (non-hydrogen) atoms. The topological polar surface area (TPSA) is 24.5 Å². The van der Waals surface area contributed by atoms with E-state index in [0.29, 0.717) is 24.0 Å². The summed E-state index contributed by atoms with van der Waals surface area (Å²) in [7, 11) is 4.01. The molecule has 0 spiro atoms. The Labute approximate surface area is 129 Å². The molecule has 1 aliphatic rings. The summed E-state index contributed by atoms with van der Waals surface area (Å²) in [6, 6.07) is 8.00. The molecule has 3 nitrogen and oxygen atoms in total. The number of nitrogens with zero attached hydrogens (tertiary/aromatic N) is 1. The predicted molar refractivity (Wildman–Crippen MR) is 89.0 cm³/mol. The first-order valence-corrected chi connectivity index (χ1v) is 8.11. The van der Waals surface area contributed by atoms with Crippen molar-refractivity contribution in [3.05, 3.63) is 29.3 Å². The van der Waals surface area contributed by atoms with Crippen LogP contribution in [0.3, 0.4) is 0 Å². The zero-order valence-electron chi connectivity index (χ0n) is 14.3. The van der Waals surface area contributed by atoms with Gasteiger partial charge in [0.15, 0.2) is 0 Å². The van der Waals surface area contributed by atoms with Crippen molar-refractivity contribution in [3.63, 3.8) is 0 Å². The number of benzene rings is 1.